The van der Waals surface area contributed by atoms with Crippen LogP contribution in [0, 0.1) is 0 Å². The molecule has 20 heavy (non-hydrogen) atoms. The zero-order chi connectivity index (χ0) is 13.4. The van der Waals surface area contributed by atoms with Gasteiger partial charge in [-0.25, -0.2) is 0 Å². The number of hydrogen-bond acceptors (Lipinski definition) is 4. The maximum atomic E-state index is 4.79. The van der Waals surface area contributed by atoms with Crippen molar-refractivity contribution in [3.63, 3.8) is 0 Å². The molecule has 5 heteroatoms. The van der Waals surface area contributed by atoms with Gasteiger partial charge in [0.15, 0.2) is 5.82 Å². The van der Waals surface area contributed by atoms with Gasteiger partial charge in [0.25, 0.3) is 0 Å². The standard InChI is InChI=1S/C15H16N4O/c1-2-11(8-16-12-4-5-12)13-6-7-19(14(13)3-1)9-15-17-10-20-18-15/h1-3,6-7,10,12,16H,4-5,8-9H2. The second-order valence-electron chi connectivity index (χ2n) is 5.30. The molecule has 0 spiro atoms. The Balaban J connectivity index is 1.64. The van der Waals surface area contributed by atoms with Crippen molar-refractivity contribution in [1.29, 1.82) is 0 Å². The highest BCUT2D eigenvalue weighted by Crippen LogP contribution is 2.23. The molecule has 0 radical (unpaired) electrons. The fourth-order valence-corrected chi connectivity index (χ4v) is 2.54. The van der Waals surface area contributed by atoms with E-state index < -0.39 is 0 Å². The Morgan fingerprint density at radius 2 is 2.25 bits per heavy atom. The minimum atomic E-state index is 0.638. The molecule has 1 N–H and O–H groups in total. The van der Waals surface area contributed by atoms with Crippen molar-refractivity contribution in [1.82, 2.24) is 20.0 Å². The fraction of sp³-hybridized carbons (Fsp3) is 0.333. The molecule has 0 saturated heterocycles. The maximum absolute atomic E-state index is 4.79. The van der Waals surface area contributed by atoms with Crippen LogP contribution in [0.3, 0.4) is 0 Å². The van der Waals surface area contributed by atoms with Crippen LogP contribution in [0.15, 0.2) is 41.4 Å². The normalized spacial score (nSPS) is 15.0. The number of rotatable bonds is 5. The molecule has 2 heterocycles. The average Bonchev–Trinajstić information content (AvgIpc) is 2.99. The van der Waals surface area contributed by atoms with Gasteiger partial charge in [0.1, 0.15) is 0 Å². The topological polar surface area (TPSA) is 55.9 Å². The van der Waals surface area contributed by atoms with E-state index >= 15 is 0 Å². The summed E-state index contributed by atoms with van der Waals surface area (Å²) in [5.41, 5.74) is 2.56. The fourth-order valence-electron chi connectivity index (χ4n) is 2.54. The predicted molar refractivity (Wildman–Crippen MR) is 75.2 cm³/mol. The number of fused-ring (bicyclic) bond motifs is 1. The molecule has 4 rings (SSSR count). The van der Waals surface area contributed by atoms with Crippen molar-refractivity contribution >= 4 is 10.9 Å². The highest BCUT2D eigenvalue weighted by Gasteiger charge is 2.20. The molecule has 5 nitrogen and oxygen atoms in total. The predicted octanol–water partition coefficient (Wildman–Crippen LogP) is 2.32. The quantitative estimate of drug-likeness (QED) is 0.771. The Morgan fingerprint density at radius 3 is 3.05 bits per heavy atom. The highest BCUT2D eigenvalue weighted by atomic mass is 16.5. The van der Waals surface area contributed by atoms with Gasteiger partial charge in [-0.15, -0.1) is 0 Å². The summed E-state index contributed by atoms with van der Waals surface area (Å²) in [5, 5.41) is 8.74. The minimum Gasteiger partial charge on any atom is -0.343 e. The first-order valence-electron chi connectivity index (χ1n) is 6.95. The van der Waals surface area contributed by atoms with Crippen LogP contribution < -0.4 is 5.32 Å². The van der Waals surface area contributed by atoms with Crippen molar-refractivity contribution in [2.24, 2.45) is 0 Å². The van der Waals surface area contributed by atoms with E-state index in [-0.39, 0.29) is 0 Å². The molecule has 0 bridgehead atoms. The lowest BCUT2D eigenvalue weighted by atomic mass is 10.1. The number of aromatic nitrogens is 3. The van der Waals surface area contributed by atoms with Gasteiger partial charge in [0.2, 0.25) is 6.39 Å². The first kappa shape index (κ1) is 11.7. The van der Waals surface area contributed by atoms with E-state index in [1.54, 1.807) is 0 Å². The Kier molecular flexibility index (Phi) is 2.77. The molecule has 0 amide bonds. The second kappa shape index (κ2) is 4.76. The lowest BCUT2D eigenvalue weighted by Gasteiger charge is -2.06. The van der Waals surface area contributed by atoms with Crippen molar-refractivity contribution in [3.05, 3.63) is 48.2 Å². The van der Waals surface area contributed by atoms with Crippen LogP contribution in [-0.2, 0) is 13.1 Å². The molecular formula is C15H16N4O. The Labute approximate surface area is 116 Å². The van der Waals surface area contributed by atoms with Crippen molar-refractivity contribution in [3.8, 4) is 0 Å². The number of benzene rings is 1. The van der Waals surface area contributed by atoms with Crippen LogP contribution in [-0.4, -0.2) is 20.7 Å². The summed E-state index contributed by atoms with van der Waals surface area (Å²) in [6, 6.07) is 9.33. The summed E-state index contributed by atoms with van der Waals surface area (Å²) in [6.07, 6.45) is 6.08. The highest BCUT2D eigenvalue weighted by molar-refractivity contribution is 5.83. The van der Waals surface area contributed by atoms with Crippen LogP contribution in [0.4, 0.5) is 0 Å². The molecule has 0 unspecified atom stereocenters. The molecular weight excluding hydrogens is 252 g/mol. The van der Waals surface area contributed by atoms with Gasteiger partial charge in [-0.2, -0.15) is 4.98 Å². The number of hydrogen-bond donors (Lipinski definition) is 1. The average molecular weight is 268 g/mol. The van der Waals surface area contributed by atoms with E-state index in [0.29, 0.717) is 12.4 Å². The zero-order valence-corrected chi connectivity index (χ0v) is 11.1. The lowest BCUT2D eigenvalue weighted by molar-refractivity contribution is 0.408. The van der Waals surface area contributed by atoms with Gasteiger partial charge in [-0.3, -0.25) is 0 Å². The Morgan fingerprint density at radius 1 is 1.30 bits per heavy atom. The Hall–Kier alpha value is -2.14. The van der Waals surface area contributed by atoms with Crippen LogP contribution in [0.2, 0.25) is 0 Å². The molecule has 102 valence electrons. The van der Waals surface area contributed by atoms with Crippen molar-refractivity contribution in [2.45, 2.75) is 32.0 Å². The third-order valence-corrected chi connectivity index (χ3v) is 3.78. The molecule has 2 aromatic heterocycles. The van der Waals surface area contributed by atoms with Gasteiger partial charge in [-0.05, 0) is 30.5 Å². The van der Waals surface area contributed by atoms with Crippen LogP contribution in [0.25, 0.3) is 10.9 Å². The smallest absolute Gasteiger partial charge is 0.213 e. The van der Waals surface area contributed by atoms with E-state index in [0.717, 1.165) is 12.6 Å². The van der Waals surface area contributed by atoms with Crippen LogP contribution in [0.1, 0.15) is 24.2 Å². The summed E-state index contributed by atoms with van der Waals surface area (Å²) in [4.78, 5) is 4.08. The first-order chi connectivity index (χ1) is 9.90. The van der Waals surface area contributed by atoms with Gasteiger partial charge in [0, 0.05) is 29.7 Å². The van der Waals surface area contributed by atoms with Crippen molar-refractivity contribution in [2.75, 3.05) is 0 Å². The lowest BCUT2D eigenvalue weighted by Crippen LogP contribution is -2.15. The van der Waals surface area contributed by atoms with Crippen LogP contribution >= 0.6 is 0 Å². The van der Waals surface area contributed by atoms with E-state index in [9.17, 15) is 0 Å². The molecule has 3 aromatic rings. The van der Waals surface area contributed by atoms with Gasteiger partial charge in [-0.1, -0.05) is 17.3 Å². The molecule has 1 aromatic carbocycles. The summed E-state index contributed by atoms with van der Waals surface area (Å²) in [5.74, 6) is 0.698. The summed E-state index contributed by atoms with van der Waals surface area (Å²) in [7, 11) is 0. The molecule has 1 aliphatic rings. The summed E-state index contributed by atoms with van der Waals surface area (Å²) >= 11 is 0. The summed E-state index contributed by atoms with van der Waals surface area (Å²) in [6.45, 7) is 1.58. The van der Waals surface area contributed by atoms with E-state index in [4.69, 9.17) is 4.52 Å². The van der Waals surface area contributed by atoms with Gasteiger partial charge in [0.05, 0.1) is 6.54 Å². The molecule has 1 aliphatic carbocycles. The van der Waals surface area contributed by atoms with Gasteiger partial charge < -0.3 is 14.4 Å². The van der Waals surface area contributed by atoms with E-state index in [1.807, 2.05) is 0 Å². The van der Waals surface area contributed by atoms with Crippen LogP contribution in [0.5, 0.6) is 0 Å². The molecule has 0 aliphatic heterocycles. The first-order valence-corrected chi connectivity index (χ1v) is 6.95. The SMILES string of the molecule is c1cc(CNC2CC2)c2ccn(Cc3ncon3)c2c1. The zero-order valence-electron chi connectivity index (χ0n) is 11.1. The van der Waals surface area contributed by atoms with Gasteiger partial charge >= 0.3 is 0 Å². The molecule has 1 saturated carbocycles. The third kappa shape index (κ3) is 2.20. The number of nitrogens with zero attached hydrogens (tertiary/aromatic N) is 3. The monoisotopic (exact) mass is 268 g/mol. The second-order valence-corrected chi connectivity index (χ2v) is 5.30. The largest absolute Gasteiger partial charge is 0.343 e. The van der Waals surface area contributed by atoms with Crippen molar-refractivity contribution < 1.29 is 4.52 Å². The maximum Gasteiger partial charge on any atom is 0.213 e. The third-order valence-electron chi connectivity index (χ3n) is 3.78. The number of nitrogens with one attached hydrogen (secondary N) is 1. The van der Waals surface area contributed by atoms with E-state index in [2.05, 4.69) is 50.5 Å². The van der Waals surface area contributed by atoms with E-state index in [1.165, 1.54) is 35.7 Å². The molecule has 1 fully saturated rings. The Bertz CT molecular complexity index is 713. The molecule has 0 atom stereocenters. The summed E-state index contributed by atoms with van der Waals surface area (Å²) < 4.78 is 6.94. The minimum absolute atomic E-state index is 0.638.